The maximum atomic E-state index is 9.14. The van der Waals surface area contributed by atoms with Crippen molar-refractivity contribution in [2.24, 2.45) is 5.92 Å². The van der Waals surface area contributed by atoms with E-state index in [1.165, 1.54) is 0 Å². The van der Waals surface area contributed by atoms with Crippen molar-refractivity contribution in [3.63, 3.8) is 0 Å². The van der Waals surface area contributed by atoms with Crippen LogP contribution >= 0.6 is 0 Å². The predicted octanol–water partition coefficient (Wildman–Crippen LogP) is 3.05. The Hall–Kier alpha value is -1.89. The highest BCUT2D eigenvalue weighted by Gasteiger charge is 2.13. The number of methoxy groups -OCH3 is 2. The van der Waals surface area contributed by atoms with Crippen LogP contribution in [0.1, 0.15) is 20.3 Å². The van der Waals surface area contributed by atoms with Crippen LogP contribution in [0.3, 0.4) is 0 Å². The molecule has 18 heavy (non-hydrogen) atoms. The van der Waals surface area contributed by atoms with Crippen molar-refractivity contribution < 1.29 is 9.47 Å². The first kappa shape index (κ1) is 14.2. The van der Waals surface area contributed by atoms with E-state index in [0.717, 1.165) is 17.9 Å². The SMILES string of the molecule is COc1ccc(OC)c(NC(C#N)CC(C)C)c1. The Labute approximate surface area is 109 Å². The number of rotatable bonds is 6. The monoisotopic (exact) mass is 248 g/mol. The fraction of sp³-hybridized carbons (Fsp3) is 0.500. The van der Waals surface area contributed by atoms with Gasteiger partial charge in [-0.25, -0.2) is 0 Å². The van der Waals surface area contributed by atoms with E-state index in [0.29, 0.717) is 11.7 Å². The minimum atomic E-state index is -0.231. The van der Waals surface area contributed by atoms with E-state index in [2.05, 4.69) is 25.2 Å². The van der Waals surface area contributed by atoms with Crippen molar-refractivity contribution in [3.8, 4) is 17.6 Å². The summed E-state index contributed by atoms with van der Waals surface area (Å²) < 4.78 is 10.4. The van der Waals surface area contributed by atoms with Crippen LogP contribution in [0.5, 0.6) is 11.5 Å². The summed E-state index contributed by atoms with van der Waals surface area (Å²) in [5.74, 6) is 1.90. The van der Waals surface area contributed by atoms with Crippen LogP contribution in [0.25, 0.3) is 0 Å². The van der Waals surface area contributed by atoms with Gasteiger partial charge in [0, 0.05) is 6.07 Å². The van der Waals surface area contributed by atoms with Gasteiger partial charge in [-0.3, -0.25) is 0 Å². The topological polar surface area (TPSA) is 54.3 Å². The maximum absolute atomic E-state index is 9.14. The molecule has 4 heteroatoms. The number of hydrogen-bond acceptors (Lipinski definition) is 4. The quantitative estimate of drug-likeness (QED) is 0.840. The van der Waals surface area contributed by atoms with Crippen molar-refractivity contribution in [2.75, 3.05) is 19.5 Å². The summed E-state index contributed by atoms with van der Waals surface area (Å²) >= 11 is 0. The molecule has 0 aliphatic carbocycles. The third-order valence-electron chi connectivity index (χ3n) is 2.60. The van der Waals surface area contributed by atoms with Crippen LogP contribution in [-0.4, -0.2) is 20.3 Å². The van der Waals surface area contributed by atoms with Gasteiger partial charge in [0.05, 0.1) is 26.0 Å². The zero-order chi connectivity index (χ0) is 13.5. The Kier molecular flexibility index (Phi) is 5.31. The van der Waals surface area contributed by atoms with Crippen LogP contribution in [0, 0.1) is 17.2 Å². The van der Waals surface area contributed by atoms with Crippen LogP contribution in [0.4, 0.5) is 5.69 Å². The molecular formula is C14H20N2O2. The Morgan fingerprint density at radius 1 is 1.28 bits per heavy atom. The summed E-state index contributed by atoms with van der Waals surface area (Å²) in [5.41, 5.74) is 0.782. The average molecular weight is 248 g/mol. The lowest BCUT2D eigenvalue weighted by molar-refractivity contribution is 0.404. The van der Waals surface area contributed by atoms with Crippen LogP contribution < -0.4 is 14.8 Å². The van der Waals surface area contributed by atoms with Crippen molar-refractivity contribution in [1.82, 2.24) is 0 Å². The average Bonchev–Trinajstić information content (AvgIpc) is 2.37. The molecule has 0 amide bonds. The van der Waals surface area contributed by atoms with Crippen LogP contribution in [-0.2, 0) is 0 Å². The van der Waals surface area contributed by atoms with Gasteiger partial charge >= 0.3 is 0 Å². The number of benzene rings is 1. The van der Waals surface area contributed by atoms with Gasteiger partial charge in [-0.15, -0.1) is 0 Å². The van der Waals surface area contributed by atoms with Crippen molar-refractivity contribution in [1.29, 1.82) is 5.26 Å². The molecule has 1 rings (SSSR count). The Morgan fingerprint density at radius 3 is 2.50 bits per heavy atom. The van der Waals surface area contributed by atoms with E-state index in [9.17, 15) is 0 Å². The second kappa shape index (κ2) is 6.75. The molecule has 0 saturated heterocycles. The van der Waals surface area contributed by atoms with E-state index in [1.807, 2.05) is 18.2 Å². The minimum Gasteiger partial charge on any atom is -0.497 e. The summed E-state index contributed by atoms with van der Waals surface area (Å²) in [6.45, 7) is 4.18. The largest absolute Gasteiger partial charge is 0.497 e. The third-order valence-corrected chi connectivity index (χ3v) is 2.60. The number of hydrogen-bond donors (Lipinski definition) is 1. The Morgan fingerprint density at radius 2 is 2.00 bits per heavy atom. The highest BCUT2D eigenvalue weighted by atomic mass is 16.5. The summed E-state index contributed by atoms with van der Waals surface area (Å²) in [6.07, 6.45) is 0.789. The van der Waals surface area contributed by atoms with Gasteiger partial charge in [0.15, 0.2) is 0 Å². The molecule has 0 saturated carbocycles. The molecule has 1 unspecified atom stereocenters. The van der Waals surface area contributed by atoms with Gasteiger partial charge in [0.2, 0.25) is 0 Å². The van der Waals surface area contributed by atoms with Gasteiger partial charge in [-0.05, 0) is 24.5 Å². The lowest BCUT2D eigenvalue weighted by Crippen LogP contribution is -2.19. The molecule has 1 N–H and O–H groups in total. The first-order valence-corrected chi connectivity index (χ1v) is 5.98. The number of ether oxygens (including phenoxy) is 2. The second-order valence-electron chi connectivity index (χ2n) is 4.52. The van der Waals surface area contributed by atoms with Crippen molar-refractivity contribution in [3.05, 3.63) is 18.2 Å². The molecule has 0 aliphatic heterocycles. The zero-order valence-electron chi connectivity index (χ0n) is 11.4. The molecule has 98 valence electrons. The molecule has 0 aromatic heterocycles. The van der Waals surface area contributed by atoms with E-state index >= 15 is 0 Å². The molecule has 0 radical (unpaired) electrons. The van der Waals surface area contributed by atoms with Crippen molar-refractivity contribution in [2.45, 2.75) is 26.3 Å². The molecule has 1 aromatic rings. The summed E-state index contributed by atoms with van der Waals surface area (Å²) in [7, 11) is 3.22. The smallest absolute Gasteiger partial charge is 0.142 e. The Balaban J connectivity index is 2.90. The van der Waals surface area contributed by atoms with Crippen molar-refractivity contribution >= 4 is 5.69 Å². The molecule has 0 aliphatic rings. The predicted molar refractivity (Wildman–Crippen MR) is 72.0 cm³/mol. The summed E-state index contributed by atoms with van der Waals surface area (Å²) in [6, 6.07) is 7.52. The molecule has 1 atom stereocenters. The standard InChI is InChI=1S/C14H20N2O2/c1-10(2)7-11(9-15)16-13-8-12(17-3)5-6-14(13)18-4/h5-6,8,10-11,16H,7H2,1-4H3. The number of anilines is 1. The fourth-order valence-corrected chi connectivity index (χ4v) is 1.73. The van der Waals surface area contributed by atoms with Crippen LogP contribution in [0.15, 0.2) is 18.2 Å². The highest BCUT2D eigenvalue weighted by molar-refractivity contribution is 5.60. The molecule has 0 heterocycles. The third kappa shape index (κ3) is 3.85. The lowest BCUT2D eigenvalue weighted by Gasteiger charge is -2.17. The summed E-state index contributed by atoms with van der Waals surface area (Å²) in [5, 5.41) is 12.3. The number of nitrogens with one attached hydrogen (secondary N) is 1. The maximum Gasteiger partial charge on any atom is 0.142 e. The zero-order valence-corrected chi connectivity index (χ0v) is 11.4. The first-order valence-electron chi connectivity index (χ1n) is 5.98. The molecule has 4 nitrogen and oxygen atoms in total. The minimum absolute atomic E-state index is 0.231. The number of nitrogens with zero attached hydrogens (tertiary/aromatic N) is 1. The lowest BCUT2D eigenvalue weighted by atomic mass is 10.0. The normalized spacial score (nSPS) is 11.8. The first-order chi connectivity index (χ1) is 8.60. The second-order valence-corrected chi connectivity index (χ2v) is 4.52. The van der Waals surface area contributed by atoms with Gasteiger partial charge < -0.3 is 14.8 Å². The van der Waals surface area contributed by atoms with Gasteiger partial charge in [0.1, 0.15) is 17.5 Å². The Bertz CT molecular complexity index is 424. The van der Waals surface area contributed by atoms with Gasteiger partial charge in [0.25, 0.3) is 0 Å². The van der Waals surface area contributed by atoms with E-state index in [1.54, 1.807) is 14.2 Å². The molecule has 0 spiro atoms. The number of nitriles is 1. The van der Waals surface area contributed by atoms with Crippen LogP contribution in [0.2, 0.25) is 0 Å². The molecule has 0 bridgehead atoms. The van der Waals surface area contributed by atoms with Gasteiger partial charge in [-0.1, -0.05) is 13.8 Å². The van der Waals surface area contributed by atoms with E-state index < -0.39 is 0 Å². The highest BCUT2D eigenvalue weighted by Crippen LogP contribution is 2.29. The van der Waals surface area contributed by atoms with E-state index in [4.69, 9.17) is 14.7 Å². The molecule has 1 aromatic carbocycles. The van der Waals surface area contributed by atoms with Gasteiger partial charge in [-0.2, -0.15) is 5.26 Å². The molecular weight excluding hydrogens is 228 g/mol. The molecule has 0 fully saturated rings. The summed E-state index contributed by atoms with van der Waals surface area (Å²) in [4.78, 5) is 0. The fourth-order valence-electron chi connectivity index (χ4n) is 1.73. The van der Waals surface area contributed by atoms with E-state index in [-0.39, 0.29) is 6.04 Å².